The van der Waals surface area contributed by atoms with Crippen LogP contribution in [0.3, 0.4) is 0 Å². The molecule has 1 N–H and O–H groups in total. The van der Waals surface area contributed by atoms with E-state index in [9.17, 15) is 4.79 Å². The van der Waals surface area contributed by atoms with E-state index in [1.807, 2.05) is 50.2 Å². The fraction of sp³-hybridized carbons (Fsp3) is 0.118. The highest BCUT2D eigenvalue weighted by Gasteiger charge is 2.17. The summed E-state index contributed by atoms with van der Waals surface area (Å²) in [5, 5.41) is 10.5. The van der Waals surface area contributed by atoms with Crippen LogP contribution in [0.2, 0.25) is 0 Å². The van der Waals surface area contributed by atoms with Gasteiger partial charge >= 0.3 is 0 Å². The normalized spacial score (nSPS) is 10.5. The quantitative estimate of drug-likeness (QED) is 0.801. The van der Waals surface area contributed by atoms with Gasteiger partial charge in [-0.1, -0.05) is 35.9 Å². The Hall–Kier alpha value is -2.95. The zero-order chi connectivity index (χ0) is 15.5. The lowest BCUT2D eigenvalue weighted by molar-refractivity contribution is 0.102. The van der Waals surface area contributed by atoms with Crippen molar-refractivity contribution in [3.63, 3.8) is 0 Å². The van der Waals surface area contributed by atoms with Crippen LogP contribution in [-0.4, -0.2) is 16.2 Å². The number of carbonyl (C=O) groups is 1. The first kappa shape index (κ1) is 14.0. The minimum Gasteiger partial charge on any atom is -0.302 e. The maximum Gasteiger partial charge on any atom is 0.256 e. The predicted octanol–water partition coefficient (Wildman–Crippen LogP) is 3.61. The van der Waals surface area contributed by atoms with E-state index in [1.54, 1.807) is 12.1 Å². The van der Waals surface area contributed by atoms with Gasteiger partial charge in [0.25, 0.3) is 5.91 Å². The molecule has 22 heavy (non-hydrogen) atoms. The maximum atomic E-state index is 12.2. The molecule has 0 bridgehead atoms. The Bertz CT molecular complexity index is 810. The molecule has 0 radical (unpaired) electrons. The molecule has 3 aromatic rings. The summed E-state index contributed by atoms with van der Waals surface area (Å²) in [7, 11) is 0. The summed E-state index contributed by atoms with van der Waals surface area (Å²) in [5.74, 6) is 0.0745. The largest absolute Gasteiger partial charge is 0.302 e. The lowest BCUT2D eigenvalue weighted by Gasteiger charge is -2.06. The Kier molecular flexibility index (Phi) is 3.70. The van der Waals surface area contributed by atoms with Gasteiger partial charge in [-0.25, -0.2) is 4.63 Å². The van der Waals surface area contributed by atoms with Gasteiger partial charge in [-0.05, 0) is 47.9 Å². The molecule has 0 saturated carbocycles. The number of anilines is 1. The number of carbonyl (C=O) groups excluding carboxylic acids is 1. The van der Waals surface area contributed by atoms with E-state index >= 15 is 0 Å². The summed E-state index contributed by atoms with van der Waals surface area (Å²) in [4.78, 5) is 12.2. The zero-order valence-electron chi connectivity index (χ0n) is 12.3. The van der Waals surface area contributed by atoms with Crippen LogP contribution in [0.15, 0.2) is 53.2 Å². The van der Waals surface area contributed by atoms with Crippen molar-refractivity contribution in [1.82, 2.24) is 10.3 Å². The van der Waals surface area contributed by atoms with Gasteiger partial charge in [0.15, 0.2) is 5.69 Å². The maximum absolute atomic E-state index is 12.2. The van der Waals surface area contributed by atoms with Crippen LogP contribution < -0.4 is 5.32 Å². The van der Waals surface area contributed by atoms with Crippen molar-refractivity contribution in [3.05, 3.63) is 65.2 Å². The number of hydrogen-bond acceptors (Lipinski definition) is 4. The van der Waals surface area contributed by atoms with E-state index in [1.165, 1.54) is 0 Å². The number of nitrogens with zero attached hydrogens (tertiary/aromatic N) is 2. The van der Waals surface area contributed by atoms with Crippen molar-refractivity contribution in [3.8, 4) is 11.3 Å². The molecule has 5 nitrogen and oxygen atoms in total. The second-order valence-corrected chi connectivity index (χ2v) is 5.10. The molecular weight excluding hydrogens is 278 g/mol. The van der Waals surface area contributed by atoms with Crippen LogP contribution in [-0.2, 0) is 0 Å². The second kappa shape index (κ2) is 5.81. The molecular formula is C17H15N3O2. The third-order valence-corrected chi connectivity index (χ3v) is 3.40. The van der Waals surface area contributed by atoms with Gasteiger partial charge in [0.05, 0.1) is 0 Å². The summed E-state index contributed by atoms with van der Waals surface area (Å²) >= 11 is 0. The molecule has 2 aromatic carbocycles. The highest BCUT2D eigenvalue weighted by Crippen LogP contribution is 2.28. The first-order valence-corrected chi connectivity index (χ1v) is 6.92. The predicted molar refractivity (Wildman–Crippen MR) is 83.6 cm³/mol. The molecule has 0 unspecified atom stereocenters. The fourth-order valence-corrected chi connectivity index (χ4v) is 2.21. The van der Waals surface area contributed by atoms with Gasteiger partial charge in [0, 0.05) is 11.1 Å². The summed E-state index contributed by atoms with van der Waals surface area (Å²) < 4.78 is 4.82. The molecule has 1 amide bonds. The standard InChI is InChI=1S/C17H15N3O2/c1-11-8-9-12(2)14(10-11)15-16(20-22-19-15)18-17(21)13-6-4-3-5-7-13/h3-10H,1-2H3,(H,18,20,21). The molecule has 0 fully saturated rings. The van der Waals surface area contributed by atoms with Gasteiger partial charge in [-0.15, -0.1) is 0 Å². The van der Waals surface area contributed by atoms with E-state index in [-0.39, 0.29) is 5.91 Å². The number of aryl methyl sites for hydroxylation is 2. The summed E-state index contributed by atoms with van der Waals surface area (Å²) in [6.45, 7) is 3.98. The van der Waals surface area contributed by atoms with Crippen LogP contribution in [0.1, 0.15) is 21.5 Å². The number of aromatic nitrogens is 2. The molecule has 110 valence electrons. The van der Waals surface area contributed by atoms with Crippen LogP contribution in [0.5, 0.6) is 0 Å². The van der Waals surface area contributed by atoms with Gasteiger partial charge in [0.1, 0.15) is 0 Å². The van der Waals surface area contributed by atoms with Gasteiger partial charge in [0.2, 0.25) is 5.82 Å². The molecule has 1 heterocycles. The molecule has 1 aromatic heterocycles. The number of benzene rings is 2. The summed E-state index contributed by atoms with van der Waals surface area (Å²) in [6.07, 6.45) is 0. The Morgan fingerprint density at radius 3 is 2.59 bits per heavy atom. The Balaban J connectivity index is 1.93. The molecule has 5 heteroatoms. The smallest absolute Gasteiger partial charge is 0.256 e. The van der Waals surface area contributed by atoms with Crippen LogP contribution in [0.4, 0.5) is 5.82 Å². The lowest BCUT2D eigenvalue weighted by atomic mass is 10.0. The van der Waals surface area contributed by atoms with Crippen molar-refractivity contribution in [1.29, 1.82) is 0 Å². The van der Waals surface area contributed by atoms with Gasteiger partial charge in [-0.2, -0.15) is 0 Å². The third kappa shape index (κ3) is 2.74. The number of nitrogens with one attached hydrogen (secondary N) is 1. The number of hydrogen-bond donors (Lipinski definition) is 1. The average Bonchev–Trinajstić information content (AvgIpc) is 2.98. The Morgan fingerprint density at radius 1 is 1.05 bits per heavy atom. The molecule has 0 atom stereocenters. The highest BCUT2D eigenvalue weighted by atomic mass is 16.6. The van der Waals surface area contributed by atoms with E-state index in [0.29, 0.717) is 17.1 Å². The van der Waals surface area contributed by atoms with Crippen molar-refractivity contribution < 1.29 is 9.42 Å². The second-order valence-electron chi connectivity index (χ2n) is 5.10. The van der Waals surface area contributed by atoms with Crippen molar-refractivity contribution in [2.75, 3.05) is 5.32 Å². The van der Waals surface area contributed by atoms with Gasteiger partial charge < -0.3 is 5.32 Å². The number of rotatable bonds is 3. The Morgan fingerprint density at radius 2 is 1.82 bits per heavy atom. The van der Waals surface area contributed by atoms with Crippen LogP contribution >= 0.6 is 0 Å². The molecule has 0 aliphatic heterocycles. The summed E-state index contributed by atoms with van der Waals surface area (Å²) in [6, 6.07) is 15.0. The molecule has 0 aliphatic rings. The lowest BCUT2D eigenvalue weighted by Crippen LogP contribution is -2.12. The summed E-state index contributed by atoms with van der Waals surface area (Å²) in [5.41, 5.74) is 4.12. The molecule has 3 rings (SSSR count). The molecule has 0 spiro atoms. The zero-order valence-corrected chi connectivity index (χ0v) is 12.3. The SMILES string of the molecule is Cc1ccc(C)c(-c2nonc2NC(=O)c2ccccc2)c1. The molecule has 0 aliphatic carbocycles. The topological polar surface area (TPSA) is 68.0 Å². The van der Waals surface area contributed by atoms with E-state index in [4.69, 9.17) is 4.63 Å². The Labute approximate surface area is 127 Å². The highest BCUT2D eigenvalue weighted by molar-refractivity contribution is 6.05. The fourth-order valence-electron chi connectivity index (χ4n) is 2.21. The third-order valence-electron chi connectivity index (χ3n) is 3.40. The average molecular weight is 293 g/mol. The van der Waals surface area contributed by atoms with Crippen LogP contribution in [0, 0.1) is 13.8 Å². The van der Waals surface area contributed by atoms with Gasteiger partial charge in [-0.3, -0.25) is 4.79 Å². The van der Waals surface area contributed by atoms with Crippen molar-refractivity contribution in [2.45, 2.75) is 13.8 Å². The first-order chi connectivity index (χ1) is 10.6. The minimum absolute atomic E-state index is 0.247. The van der Waals surface area contributed by atoms with Crippen molar-refractivity contribution >= 4 is 11.7 Å². The van der Waals surface area contributed by atoms with Crippen LogP contribution in [0.25, 0.3) is 11.3 Å². The number of amides is 1. The van der Waals surface area contributed by atoms with E-state index in [2.05, 4.69) is 15.6 Å². The van der Waals surface area contributed by atoms with E-state index in [0.717, 1.165) is 16.7 Å². The molecule has 0 saturated heterocycles. The monoisotopic (exact) mass is 293 g/mol. The first-order valence-electron chi connectivity index (χ1n) is 6.92. The van der Waals surface area contributed by atoms with Crippen molar-refractivity contribution in [2.24, 2.45) is 0 Å². The van der Waals surface area contributed by atoms with E-state index < -0.39 is 0 Å². The minimum atomic E-state index is -0.247.